The fraction of sp³-hybridized carbons (Fsp3) is 1.00. The van der Waals surface area contributed by atoms with Gasteiger partial charge in [0, 0.05) is 14.2 Å². The second-order valence-corrected chi connectivity index (χ2v) is 10.2. The van der Waals surface area contributed by atoms with Crippen molar-refractivity contribution >= 4 is 15.6 Å². The topological polar surface area (TPSA) is 80.3 Å². The van der Waals surface area contributed by atoms with E-state index >= 15 is 0 Å². The number of hydrogen-bond acceptors (Lipinski definition) is 7. The molecule has 0 bridgehead atoms. The lowest BCUT2D eigenvalue weighted by atomic mass is 10.1. The molecule has 164 valence electrons. The number of phosphoric acid groups is 2. The number of hydrogen-bond donors (Lipinski definition) is 0. The zero-order valence-corrected chi connectivity index (χ0v) is 19.4. The van der Waals surface area contributed by atoms with Gasteiger partial charge in [-0.2, -0.15) is 4.31 Å². The predicted octanol–water partition coefficient (Wildman–Crippen LogP) is 7.27. The summed E-state index contributed by atoms with van der Waals surface area (Å²) in [6, 6.07) is 0. The van der Waals surface area contributed by atoms with E-state index < -0.39 is 15.6 Å². The molecule has 27 heavy (non-hydrogen) atoms. The van der Waals surface area contributed by atoms with E-state index in [1.54, 1.807) is 0 Å². The van der Waals surface area contributed by atoms with Gasteiger partial charge in [-0.3, -0.25) is 18.1 Å². The Balaban J connectivity index is 4.36. The smallest absolute Gasteiger partial charge is 0.290 e. The first-order valence-electron chi connectivity index (χ1n) is 10.3. The van der Waals surface area contributed by atoms with Crippen LogP contribution in [0, 0.1) is 0 Å². The predicted molar refractivity (Wildman–Crippen MR) is 109 cm³/mol. The Morgan fingerprint density at radius 3 is 1.30 bits per heavy atom. The van der Waals surface area contributed by atoms with E-state index in [0.29, 0.717) is 0 Å². The first kappa shape index (κ1) is 27.3. The minimum Gasteiger partial charge on any atom is -0.290 e. The van der Waals surface area contributed by atoms with Crippen LogP contribution in [0.2, 0.25) is 0 Å². The van der Waals surface area contributed by atoms with Crippen LogP contribution in [-0.4, -0.2) is 27.4 Å². The average Bonchev–Trinajstić information content (AvgIpc) is 2.66. The van der Waals surface area contributed by atoms with Crippen LogP contribution in [0.1, 0.15) is 90.9 Å². The van der Waals surface area contributed by atoms with E-state index in [-0.39, 0.29) is 13.2 Å². The van der Waals surface area contributed by atoms with Gasteiger partial charge in [0.15, 0.2) is 0 Å². The molecule has 0 radical (unpaired) electrons. The van der Waals surface area contributed by atoms with Crippen LogP contribution < -0.4 is 0 Å². The number of unbranched alkanes of at least 4 members (excludes halogenated alkanes) is 10. The van der Waals surface area contributed by atoms with Crippen molar-refractivity contribution in [2.24, 2.45) is 0 Å². The highest BCUT2D eigenvalue weighted by atomic mass is 31.3. The number of rotatable bonds is 20. The van der Waals surface area contributed by atoms with Crippen LogP contribution in [0.4, 0.5) is 0 Å². The van der Waals surface area contributed by atoms with Gasteiger partial charge in [-0.15, -0.1) is 0 Å². The molecule has 0 aliphatic heterocycles. The maximum atomic E-state index is 12.8. The van der Waals surface area contributed by atoms with Crippen molar-refractivity contribution in [1.82, 2.24) is 0 Å². The van der Waals surface area contributed by atoms with Crippen molar-refractivity contribution in [3.63, 3.8) is 0 Å². The molecule has 0 N–H and O–H groups in total. The molecule has 9 heteroatoms. The molecule has 0 aromatic rings. The molecular weight excluding hydrogens is 390 g/mol. The highest BCUT2D eigenvalue weighted by molar-refractivity contribution is 7.62. The molecule has 0 unspecified atom stereocenters. The summed E-state index contributed by atoms with van der Waals surface area (Å²) >= 11 is 0. The Bertz CT molecular complexity index is 402. The lowest BCUT2D eigenvalue weighted by Gasteiger charge is -2.21. The molecule has 0 saturated heterocycles. The first-order valence-corrected chi connectivity index (χ1v) is 13.2. The number of phosphoric ester groups is 2. The molecule has 7 nitrogen and oxygen atoms in total. The van der Waals surface area contributed by atoms with Crippen molar-refractivity contribution in [2.75, 3.05) is 27.4 Å². The van der Waals surface area contributed by atoms with Gasteiger partial charge in [0.25, 0.3) is 0 Å². The molecule has 0 aromatic carbocycles. The third-order valence-electron chi connectivity index (χ3n) is 4.14. The summed E-state index contributed by atoms with van der Waals surface area (Å²) in [7, 11) is -5.64. The maximum absolute atomic E-state index is 12.8. The van der Waals surface area contributed by atoms with Gasteiger partial charge in [0.05, 0.1) is 13.2 Å². The van der Waals surface area contributed by atoms with Crippen LogP contribution in [-0.2, 0) is 31.5 Å². The van der Waals surface area contributed by atoms with Gasteiger partial charge >= 0.3 is 15.6 Å². The molecule has 0 fully saturated rings. The van der Waals surface area contributed by atoms with Gasteiger partial charge in [-0.05, 0) is 12.8 Å². The molecule has 0 atom stereocenters. The van der Waals surface area contributed by atoms with E-state index in [1.807, 2.05) is 0 Å². The minimum atomic E-state index is -4.01. The van der Waals surface area contributed by atoms with E-state index in [0.717, 1.165) is 52.7 Å². The molecule has 0 heterocycles. The highest BCUT2D eigenvalue weighted by Crippen LogP contribution is 2.65. The summed E-state index contributed by atoms with van der Waals surface area (Å²) < 4.78 is 50.2. The maximum Gasteiger partial charge on any atom is 0.483 e. The summed E-state index contributed by atoms with van der Waals surface area (Å²) in [4.78, 5) is 0. The Labute approximate surface area is 166 Å². The molecule has 0 saturated carbocycles. The van der Waals surface area contributed by atoms with Crippen molar-refractivity contribution in [3.8, 4) is 0 Å². The van der Waals surface area contributed by atoms with Crippen molar-refractivity contribution in [3.05, 3.63) is 0 Å². The summed E-state index contributed by atoms with van der Waals surface area (Å²) in [5, 5.41) is 0. The molecule has 0 aliphatic rings. The van der Waals surface area contributed by atoms with Crippen molar-refractivity contribution in [2.45, 2.75) is 90.9 Å². The molecule has 0 amide bonds. The van der Waals surface area contributed by atoms with Crippen LogP contribution in [0.3, 0.4) is 0 Å². The van der Waals surface area contributed by atoms with Crippen molar-refractivity contribution < 1.29 is 31.5 Å². The van der Waals surface area contributed by atoms with Crippen molar-refractivity contribution in [1.29, 1.82) is 0 Å². The minimum absolute atomic E-state index is 0.216. The van der Waals surface area contributed by atoms with Gasteiger partial charge in [0.2, 0.25) is 0 Å². The zero-order valence-electron chi connectivity index (χ0n) is 17.7. The fourth-order valence-corrected chi connectivity index (χ4v) is 5.28. The molecule has 0 aromatic heterocycles. The van der Waals surface area contributed by atoms with E-state index in [1.165, 1.54) is 38.5 Å². The van der Waals surface area contributed by atoms with E-state index in [9.17, 15) is 9.13 Å². The monoisotopic (exact) mass is 430 g/mol. The highest BCUT2D eigenvalue weighted by Gasteiger charge is 2.39. The van der Waals surface area contributed by atoms with Crippen LogP contribution in [0.25, 0.3) is 0 Å². The van der Waals surface area contributed by atoms with Gasteiger partial charge in [-0.25, -0.2) is 9.13 Å². The Kier molecular flexibility index (Phi) is 17.3. The van der Waals surface area contributed by atoms with Gasteiger partial charge in [-0.1, -0.05) is 78.1 Å². The van der Waals surface area contributed by atoms with Gasteiger partial charge in [0.1, 0.15) is 0 Å². The normalized spacial score (nSPS) is 12.6. The molecule has 0 aliphatic carbocycles. The summed E-state index contributed by atoms with van der Waals surface area (Å²) in [6.45, 7) is 4.77. The average molecular weight is 430 g/mol. The standard InChI is InChI=1S/C18H40O7P2/c1-5-7-9-11-13-15-17-23-27(20,25-26(19,21-3)22-4)24-18-16-14-12-10-8-6-2/h5-18H2,1-4H3. The van der Waals surface area contributed by atoms with Crippen LogP contribution in [0.15, 0.2) is 0 Å². The third-order valence-corrected chi connectivity index (χ3v) is 7.63. The third kappa shape index (κ3) is 14.9. The molecular formula is C18H40O7P2. The lowest BCUT2D eigenvalue weighted by molar-refractivity contribution is 0.124. The molecule has 0 rings (SSSR count). The summed E-state index contributed by atoms with van der Waals surface area (Å²) in [5.74, 6) is 0. The van der Waals surface area contributed by atoms with E-state index in [2.05, 4.69) is 13.8 Å². The molecule has 0 spiro atoms. The quantitative estimate of drug-likeness (QED) is 0.148. The fourth-order valence-electron chi connectivity index (χ4n) is 2.47. The first-order chi connectivity index (χ1) is 12.9. The summed E-state index contributed by atoms with van der Waals surface area (Å²) in [6.07, 6.45) is 12.8. The van der Waals surface area contributed by atoms with Crippen LogP contribution >= 0.6 is 15.6 Å². The largest absolute Gasteiger partial charge is 0.483 e. The zero-order chi connectivity index (χ0) is 20.4. The second kappa shape index (κ2) is 17.1. The SMILES string of the molecule is CCCCCCCCOP(=O)(OCCCCCCCC)OP(=O)(OC)OC. The van der Waals surface area contributed by atoms with E-state index in [4.69, 9.17) is 22.4 Å². The Hall–Kier alpha value is 0.260. The Morgan fingerprint density at radius 1 is 0.556 bits per heavy atom. The lowest BCUT2D eigenvalue weighted by Crippen LogP contribution is -2.04. The Morgan fingerprint density at radius 2 is 0.926 bits per heavy atom. The summed E-state index contributed by atoms with van der Waals surface area (Å²) in [5.41, 5.74) is 0. The van der Waals surface area contributed by atoms with Gasteiger partial charge < -0.3 is 0 Å². The van der Waals surface area contributed by atoms with Crippen LogP contribution in [0.5, 0.6) is 0 Å². The second-order valence-electron chi connectivity index (χ2n) is 6.54.